The van der Waals surface area contributed by atoms with Crippen LogP contribution >= 0.6 is 0 Å². The number of aromatic nitrogens is 6. The standard InChI is InChI=1S/C23H29N7O3/c1-14(13-31)30-19-12-15(4-5-18(19)26-28-30)17-8-11-29-20(17)21(33-3)25-22(27-29)24-16-6-9-23(2,32)10-7-16/h4-5,8,11-12,14,16,31-32H,6-7,9-10,13H2,1-3H3,(H,24,27)/t14-,16?,23?/m0/s1. The van der Waals surface area contributed by atoms with E-state index in [1.165, 1.54) is 0 Å². The van der Waals surface area contributed by atoms with Gasteiger partial charge in [-0.1, -0.05) is 11.3 Å². The fourth-order valence-electron chi connectivity index (χ4n) is 4.50. The van der Waals surface area contributed by atoms with Gasteiger partial charge in [0.15, 0.2) is 0 Å². The Morgan fingerprint density at radius 1 is 1.27 bits per heavy atom. The highest BCUT2D eigenvalue weighted by molar-refractivity contribution is 5.89. The molecule has 10 heteroatoms. The molecule has 1 atom stereocenters. The van der Waals surface area contributed by atoms with Gasteiger partial charge in [-0.2, -0.15) is 4.98 Å². The molecule has 3 aromatic heterocycles. The Bertz CT molecular complexity index is 1290. The highest BCUT2D eigenvalue weighted by Gasteiger charge is 2.29. The van der Waals surface area contributed by atoms with E-state index in [0.717, 1.165) is 53.4 Å². The summed E-state index contributed by atoms with van der Waals surface area (Å²) in [6, 6.07) is 7.94. The van der Waals surface area contributed by atoms with Gasteiger partial charge in [0.2, 0.25) is 11.8 Å². The summed E-state index contributed by atoms with van der Waals surface area (Å²) in [6.07, 6.45) is 5.12. The number of hydrogen-bond acceptors (Lipinski definition) is 8. The quantitative estimate of drug-likeness (QED) is 0.409. The first-order valence-corrected chi connectivity index (χ1v) is 11.3. The largest absolute Gasteiger partial charge is 0.479 e. The van der Waals surface area contributed by atoms with Crippen molar-refractivity contribution in [2.24, 2.45) is 0 Å². The average Bonchev–Trinajstić information content (AvgIpc) is 3.43. The Morgan fingerprint density at radius 2 is 2.06 bits per heavy atom. The number of aliphatic hydroxyl groups is 2. The highest BCUT2D eigenvalue weighted by Crippen LogP contribution is 2.34. The van der Waals surface area contributed by atoms with Crippen LogP contribution in [0.1, 0.15) is 45.6 Å². The van der Waals surface area contributed by atoms with Crippen molar-refractivity contribution < 1.29 is 14.9 Å². The van der Waals surface area contributed by atoms with Gasteiger partial charge < -0.3 is 20.3 Å². The lowest BCUT2D eigenvalue weighted by Crippen LogP contribution is -2.36. The lowest BCUT2D eigenvalue weighted by atomic mass is 9.84. The fraction of sp³-hybridized carbons (Fsp3) is 0.478. The number of methoxy groups -OCH3 is 1. The van der Waals surface area contributed by atoms with Gasteiger partial charge in [-0.3, -0.25) is 0 Å². The van der Waals surface area contributed by atoms with Crippen LogP contribution in [0.2, 0.25) is 0 Å². The molecule has 0 bridgehead atoms. The second-order valence-electron chi connectivity index (χ2n) is 9.15. The monoisotopic (exact) mass is 451 g/mol. The molecule has 33 heavy (non-hydrogen) atoms. The molecule has 1 fully saturated rings. The van der Waals surface area contributed by atoms with E-state index in [4.69, 9.17) is 4.74 Å². The van der Waals surface area contributed by atoms with Gasteiger partial charge in [0, 0.05) is 17.8 Å². The number of benzene rings is 1. The minimum Gasteiger partial charge on any atom is -0.479 e. The second kappa shape index (κ2) is 8.27. The molecular weight excluding hydrogens is 422 g/mol. The van der Waals surface area contributed by atoms with Crippen molar-refractivity contribution in [2.75, 3.05) is 19.0 Å². The molecule has 0 spiro atoms. The molecule has 0 amide bonds. The summed E-state index contributed by atoms with van der Waals surface area (Å²) in [4.78, 5) is 4.63. The fourth-order valence-corrected chi connectivity index (χ4v) is 4.50. The smallest absolute Gasteiger partial charge is 0.244 e. The third kappa shape index (κ3) is 4.00. The van der Waals surface area contributed by atoms with E-state index in [9.17, 15) is 10.2 Å². The summed E-state index contributed by atoms with van der Waals surface area (Å²) in [5, 5.41) is 36.2. The van der Waals surface area contributed by atoms with Crippen molar-refractivity contribution in [1.82, 2.24) is 29.6 Å². The average molecular weight is 452 g/mol. The van der Waals surface area contributed by atoms with Crippen LogP contribution in [-0.2, 0) is 0 Å². The summed E-state index contributed by atoms with van der Waals surface area (Å²) in [5.74, 6) is 0.980. The molecule has 1 aliphatic carbocycles. The van der Waals surface area contributed by atoms with Crippen LogP contribution in [0.4, 0.5) is 5.95 Å². The van der Waals surface area contributed by atoms with Crippen molar-refractivity contribution in [1.29, 1.82) is 0 Å². The maximum absolute atomic E-state index is 10.2. The highest BCUT2D eigenvalue weighted by atomic mass is 16.5. The predicted octanol–water partition coefficient (Wildman–Crippen LogP) is 2.81. The SMILES string of the molecule is COc1nc(NC2CCC(C)(O)CC2)nn2ccc(-c3ccc4nnn([C@@H](C)CO)c4c3)c12. The van der Waals surface area contributed by atoms with Gasteiger partial charge in [-0.05, 0) is 63.3 Å². The van der Waals surface area contributed by atoms with Crippen LogP contribution in [0.5, 0.6) is 5.88 Å². The van der Waals surface area contributed by atoms with Crippen molar-refractivity contribution in [3.05, 3.63) is 30.5 Å². The Hall–Kier alpha value is -3.24. The molecule has 0 aliphatic heterocycles. The van der Waals surface area contributed by atoms with E-state index in [-0.39, 0.29) is 18.7 Å². The van der Waals surface area contributed by atoms with Crippen LogP contribution in [0.15, 0.2) is 30.5 Å². The van der Waals surface area contributed by atoms with Crippen molar-refractivity contribution >= 4 is 22.5 Å². The first kappa shape index (κ1) is 21.6. The zero-order chi connectivity index (χ0) is 23.2. The summed E-state index contributed by atoms with van der Waals surface area (Å²) < 4.78 is 9.15. The van der Waals surface area contributed by atoms with Gasteiger partial charge in [0.1, 0.15) is 11.0 Å². The van der Waals surface area contributed by atoms with E-state index < -0.39 is 5.60 Å². The van der Waals surface area contributed by atoms with E-state index >= 15 is 0 Å². The molecule has 3 heterocycles. The molecule has 0 radical (unpaired) electrons. The van der Waals surface area contributed by atoms with E-state index in [2.05, 4.69) is 25.7 Å². The molecule has 10 nitrogen and oxygen atoms in total. The van der Waals surface area contributed by atoms with Crippen LogP contribution in [0.25, 0.3) is 27.7 Å². The topological polar surface area (TPSA) is 123 Å². The van der Waals surface area contributed by atoms with Gasteiger partial charge in [-0.25, -0.2) is 9.20 Å². The number of anilines is 1. The molecule has 5 rings (SSSR count). The molecule has 1 aliphatic rings. The van der Waals surface area contributed by atoms with E-state index in [0.29, 0.717) is 11.8 Å². The maximum atomic E-state index is 10.2. The molecule has 4 aromatic rings. The minimum absolute atomic E-state index is 0.0200. The Kier molecular flexibility index (Phi) is 5.41. The molecular formula is C23H29N7O3. The summed E-state index contributed by atoms with van der Waals surface area (Å²) in [5.41, 5.74) is 3.68. The van der Waals surface area contributed by atoms with Crippen LogP contribution < -0.4 is 10.1 Å². The Morgan fingerprint density at radius 3 is 2.79 bits per heavy atom. The van der Waals surface area contributed by atoms with Crippen LogP contribution in [-0.4, -0.2) is 65.2 Å². The number of ether oxygens (including phenoxy) is 1. The van der Waals surface area contributed by atoms with Gasteiger partial charge >= 0.3 is 0 Å². The van der Waals surface area contributed by atoms with Crippen molar-refractivity contribution in [3.8, 4) is 17.0 Å². The van der Waals surface area contributed by atoms with Gasteiger partial charge in [0.05, 0.1) is 30.9 Å². The van der Waals surface area contributed by atoms with E-state index in [1.807, 2.05) is 44.3 Å². The van der Waals surface area contributed by atoms with Crippen LogP contribution in [0.3, 0.4) is 0 Å². The summed E-state index contributed by atoms with van der Waals surface area (Å²) >= 11 is 0. The van der Waals surface area contributed by atoms with Gasteiger partial charge in [0.25, 0.3) is 0 Å². The maximum Gasteiger partial charge on any atom is 0.244 e. The van der Waals surface area contributed by atoms with Crippen LogP contribution in [0, 0.1) is 0 Å². The number of nitrogens with one attached hydrogen (secondary N) is 1. The summed E-state index contributed by atoms with van der Waals surface area (Å²) in [6.45, 7) is 3.77. The van der Waals surface area contributed by atoms with Crippen molar-refractivity contribution in [2.45, 2.75) is 57.2 Å². The third-order valence-electron chi connectivity index (χ3n) is 6.53. The number of fused-ring (bicyclic) bond motifs is 2. The van der Waals surface area contributed by atoms with Gasteiger partial charge in [-0.15, -0.1) is 10.2 Å². The lowest BCUT2D eigenvalue weighted by Gasteiger charge is -2.33. The third-order valence-corrected chi connectivity index (χ3v) is 6.53. The summed E-state index contributed by atoms with van der Waals surface area (Å²) in [7, 11) is 1.60. The molecule has 174 valence electrons. The normalized spacial score (nSPS) is 22.0. The number of aliphatic hydroxyl groups excluding tert-OH is 1. The number of hydrogen-bond donors (Lipinski definition) is 3. The molecule has 0 unspecified atom stereocenters. The second-order valence-corrected chi connectivity index (χ2v) is 9.15. The minimum atomic E-state index is -0.586. The lowest BCUT2D eigenvalue weighted by molar-refractivity contribution is 0.0195. The number of nitrogens with zero attached hydrogens (tertiary/aromatic N) is 6. The molecule has 0 saturated heterocycles. The Labute approximate surface area is 191 Å². The molecule has 3 N–H and O–H groups in total. The van der Waals surface area contributed by atoms with E-state index in [1.54, 1.807) is 16.3 Å². The first-order valence-electron chi connectivity index (χ1n) is 11.3. The zero-order valence-electron chi connectivity index (χ0n) is 19.1. The molecule has 1 saturated carbocycles. The van der Waals surface area contributed by atoms with Crippen molar-refractivity contribution in [3.63, 3.8) is 0 Å². The molecule has 1 aromatic carbocycles. The number of rotatable bonds is 6. The predicted molar refractivity (Wildman–Crippen MR) is 124 cm³/mol. The zero-order valence-corrected chi connectivity index (χ0v) is 19.1. The first-order chi connectivity index (χ1) is 15.9. The Balaban J connectivity index is 1.50.